The summed E-state index contributed by atoms with van der Waals surface area (Å²) in [4.78, 5) is 34.4. The third-order valence-corrected chi connectivity index (χ3v) is 5.43. The van der Waals surface area contributed by atoms with Crippen LogP contribution in [0.15, 0.2) is 12.3 Å². The SMILES string of the molecule is Cc1[nH]c(/C=C2\C(=O)Nc3ncc(F)cc32)c(C)c1C(=O)NCCN1CCOCC1. The van der Waals surface area contributed by atoms with E-state index in [2.05, 4.69) is 25.5 Å². The zero-order valence-electron chi connectivity index (χ0n) is 17.0. The first-order chi connectivity index (χ1) is 14.4. The molecule has 0 bridgehead atoms. The van der Waals surface area contributed by atoms with Gasteiger partial charge in [-0.3, -0.25) is 14.5 Å². The number of halogens is 1. The number of fused-ring (bicyclic) bond motifs is 1. The highest BCUT2D eigenvalue weighted by atomic mass is 19.1. The summed E-state index contributed by atoms with van der Waals surface area (Å²) in [6.07, 6.45) is 2.70. The molecule has 0 spiro atoms. The van der Waals surface area contributed by atoms with Crippen LogP contribution < -0.4 is 10.6 Å². The first-order valence-electron chi connectivity index (χ1n) is 9.90. The molecule has 2 aromatic heterocycles. The Bertz CT molecular complexity index is 1020. The Balaban J connectivity index is 1.51. The number of amides is 2. The van der Waals surface area contributed by atoms with Gasteiger partial charge in [0.1, 0.15) is 11.6 Å². The number of hydrogen-bond donors (Lipinski definition) is 3. The number of aromatic nitrogens is 2. The van der Waals surface area contributed by atoms with Crippen LogP contribution in [0, 0.1) is 19.7 Å². The second kappa shape index (κ2) is 8.37. The fourth-order valence-electron chi connectivity index (χ4n) is 3.83. The molecule has 0 aromatic carbocycles. The topological polar surface area (TPSA) is 99.3 Å². The molecule has 158 valence electrons. The summed E-state index contributed by atoms with van der Waals surface area (Å²) in [5.74, 6) is -0.708. The van der Waals surface area contributed by atoms with Gasteiger partial charge < -0.3 is 20.4 Å². The van der Waals surface area contributed by atoms with Crippen molar-refractivity contribution in [3.63, 3.8) is 0 Å². The fraction of sp³-hybridized carbons (Fsp3) is 0.381. The number of anilines is 1. The molecule has 4 heterocycles. The van der Waals surface area contributed by atoms with Crippen molar-refractivity contribution in [3.05, 3.63) is 46.2 Å². The van der Waals surface area contributed by atoms with Gasteiger partial charge in [-0.25, -0.2) is 9.37 Å². The molecule has 0 unspecified atom stereocenters. The molecule has 0 radical (unpaired) electrons. The maximum absolute atomic E-state index is 13.6. The summed E-state index contributed by atoms with van der Waals surface area (Å²) >= 11 is 0. The number of nitrogens with one attached hydrogen (secondary N) is 3. The Morgan fingerprint density at radius 1 is 1.37 bits per heavy atom. The van der Waals surface area contributed by atoms with Crippen molar-refractivity contribution in [2.45, 2.75) is 13.8 Å². The molecule has 2 aromatic rings. The molecule has 30 heavy (non-hydrogen) atoms. The minimum atomic E-state index is -0.518. The Morgan fingerprint density at radius 3 is 2.90 bits per heavy atom. The van der Waals surface area contributed by atoms with Crippen LogP contribution in [0.4, 0.5) is 10.2 Å². The minimum Gasteiger partial charge on any atom is -0.379 e. The average Bonchev–Trinajstić information content (AvgIpc) is 3.18. The van der Waals surface area contributed by atoms with E-state index in [9.17, 15) is 14.0 Å². The number of hydrogen-bond acceptors (Lipinski definition) is 5. The zero-order valence-corrected chi connectivity index (χ0v) is 17.0. The van der Waals surface area contributed by atoms with Gasteiger partial charge in [0.05, 0.1) is 30.5 Å². The first kappa shape index (κ1) is 20.2. The molecular formula is C21H24FN5O3. The van der Waals surface area contributed by atoms with Gasteiger partial charge in [-0.1, -0.05) is 0 Å². The molecule has 0 atom stereocenters. The number of aromatic amines is 1. The Hall–Kier alpha value is -3.04. The van der Waals surface area contributed by atoms with Crippen molar-refractivity contribution < 1.29 is 18.7 Å². The molecule has 9 heteroatoms. The predicted molar refractivity (Wildman–Crippen MR) is 111 cm³/mol. The molecule has 2 aliphatic heterocycles. The quantitative estimate of drug-likeness (QED) is 0.649. The molecule has 0 aliphatic carbocycles. The van der Waals surface area contributed by atoms with E-state index in [-0.39, 0.29) is 11.8 Å². The van der Waals surface area contributed by atoms with E-state index in [4.69, 9.17) is 4.74 Å². The maximum atomic E-state index is 13.6. The third-order valence-electron chi connectivity index (χ3n) is 5.43. The summed E-state index contributed by atoms with van der Waals surface area (Å²) in [5, 5.41) is 5.59. The number of nitrogens with zero attached hydrogens (tertiary/aromatic N) is 2. The highest BCUT2D eigenvalue weighted by Crippen LogP contribution is 2.32. The van der Waals surface area contributed by atoms with E-state index in [0.717, 1.165) is 44.6 Å². The van der Waals surface area contributed by atoms with Crippen LogP contribution in [0.2, 0.25) is 0 Å². The Morgan fingerprint density at radius 2 is 2.13 bits per heavy atom. The lowest BCUT2D eigenvalue weighted by molar-refractivity contribution is -0.110. The first-order valence-corrected chi connectivity index (χ1v) is 9.90. The zero-order chi connectivity index (χ0) is 21.3. The van der Waals surface area contributed by atoms with Crippen LogP contribution in [-0.4, -0.2) is 66.1 Å². The fourth-order valence-corrected chi connectivity index (χ4v) is 3.83. The van der Waals surface area contributed by atoms with Gasteiger partial charge in [-0.2, -0.15) is 0 Å². The van der Waals surface area contributed by atoms with E-state index in [1.807, 2.05) is 13.8 Å². The monoisotopic (exact) mass is 413 g/mol. The molecule has 0 saturated carbocycles. The normalized spacial score (nSPS) is 17.8. The van der Waals surface area contributed by atoms with Crippen LogP contribution in [0.3, 0.4) is 0 Å². The lowest BCUT2D eigenvalue weighted by Crippen LogP contribution is -2.41. The molecule has 3 N–H and O–H groups in total. The van der Waals surface area contributed by atoms with Crippen LogP contribution >= 0.6 is 0 Å². The van der Waals surface area contributed by atoms with E-state index >= 15 is 0 Å². The highest BCUT2D eigenvalue weighted by molar-refractivity contribution is 6.34. The lowest BCUT2D eigenvalue weighted by Gasteiger charge is -2.26. The van der Waals surface area contributed by atoms with Crippen molar-refractivity contribution in [2.75, 3.05) is 44.7 Å². The second-order valence-electron chi connectivity index (χ2n) is 7.44. The Labute approximate surface area is 173 Å². The van der Waals surface area contributed by atoms with Crippen molar-refractivity contribution in [1.82, 2.24) is 20.2 Å². The van der Waals surface area contributed by atoms with Crippen molar-refractivity contribution in [3.8, 4) is 0 Å². The van der Waals surface area contributed by atoms with Gasteiger partial charge in [-0.05, 0) is 31.6 Å². The van der Waals surface area contributed by atoms with Crippen LogP contribution in [0.5, 0.6) is 0 Å². The summed E-state index contributed by atoms with van der Waals surface area (Å²) in [5.41, 5.74) is 3.34. The van der Waals surface area contributed by atoms with E-state index < -0.39 is 5.82 Å². The van der Waals surface area contributed by atoms with Crippen LogP contribution in [-0.2, 0) is 9.53 Å². The summed E-state index contributed by atoms with van der Waals surface area (Å²) in [7, 11) is 0. The number of rotatable bonds is 5. The number of carbonyl (C=O) groups excluding carboxylic acids is 2. The number of morpholine rings is 1. The number of aryl methyl sites for hydroxylation is 1. The van der Waals surface area contributed by atoms with E-state index in [1.165, 1.54) is 6.07 Å². The summed E-state index contributed by atoms with van der Waals surface area (Å²) < 4.78 is 18.9. The van der Waals surface area contributed by atoms with Gasteiger partial charge >= 0.3 is 0 Å². The molecule has 8 nitrogen and oxygen atoms in total. The number of carbonyl (C=O) groups is 2. The maximum Gasteiger partial charge on any atom is 0.257 e. The van der Waals surface area contributed by atoms with Crippen molar-refractivity contribution >= 4 is 29.3 Å². The summed E-state index contributed by atoms with van der Waals surface area (Å²) in [6.45, 7) is 8.13. The van der Waals surface area contributed by atoms with Crippen molar-refractivity contribution in [2.24, 2.45) is 0 Å². The molecule has 2 amide bonds. The average molecular weight is 413 g/mol. The molecule has 1 fully saturated rings. The van der Waals surface area contributed by atoms with Gasteiger partial charge in [-0.15, -0.1) is 0 Å². The molecule has 1 saturated heterocycles. The third kappa shape index (κ3) is 3.99. The van der Waals surface area contributed by atoms with Gasteiger partial charge in [0.15, 0.2) is 0 Å². The largest absolute Gasteiger partial charge is 0.379 e. The standard InChI is InChI=1S/C21H24FN5O3/c1-12-17(10-16-15-9-14(22)11-24-19(15)26-20(16)28)25-13(2)18(12)21(29)23-3-4-27-5-7-30-8-6-27/h9-11,25H,3-8H2,1-2H3,(H,23,29)(H,24,26,28)/b16-10-. The van der Waals surface area contributed by atoms with Crippen LogP contribution in [0.1, 0.15) is 32.9 Å². The highest BCUT2D eigenvalue weighted by Gasteiger charge is 2.27. The predicted octanol–water partition coefficient (Wildman–Crippen LogP) is 1.72. The van der Waals surface area contributed by atoms with Gasteiger partial charge in [0, 0.05) is 43.1 Å². The minimum absolute atomic E-state index is 0.164. The molecule has 2 aliphatic rings. The van der Waals surface area contributed by atoms with E-state index in [0.29, 0.717) is 40.5 Å². The van der Waals surface area contributed by atoms with Gasteiger partial charge in [0.25, 0.3) is 11.8 Å². The van der Waals surface area contributed by atoms with Crippen molar-refractivity contribution in [1.29, 1.82) is 0 Å². The van der Waals surface area contributed by atoms with Crippen LogP contribution in [0.25, 0.3) is 11.6 Å². The summed E-state index contributed by atoms with van der Waals surface area (Å²) in [6, 6.07) is 1.27. The molecular weight excluding hydrogens is 389 g/mol. The lowest BCUT2D eigenvalue weighted by atomic mass is 10.0. The molecule has 4 rings (SSSR count). The van der Waals surface area contributed by atoms with Gasteiger partial charge in [0.2, 0.25) is 0 Å². The number of pyridine rings is 1. The van der Waals surface area contributed by atoms with E-state index in [1.54, 1.807) is 6.08 Å². The number of H-pyrrole nitrogens is 1. The Kier molecular flexibility index (Phi) is 5.65. The second-order valence-corrected chi connectivity index (χ2v) is 7.44. The smallest absolute Gasteiger partial charge is 0.257 e. The number of ether oxygens (including phenoxy) is 1.